The molecule has 0 aliphatic carbocycles. The van der Waals surface area contributed by atoms with Gasteiger partial charge < -0.3 is 10.1 Å². The quantitative estimate of drug-likeness (QED) is 0.454. The highest BCUT2D eigenvalue weighted by atomic mass is 35.5. The summed E-state index contributed by atoms with van der Waals surface area (Å²) in [6.45, 7) is 2.79. The van der Waals surface area contributed by atoms with Crippen molar-refractivity contribution in [2.45, 2.75) is 31.3 Å². The first-order valence-corrected chi connectivity index (χ1v) is 5.09. The van der Waals surface area contributed by atoms with Crippen LogP contribution >= 0.6 is 11.6 Å². The van der Waals surface area contributed by atoms with Crippen molar-refractivity contribution in [2.24, 2.45) is 0 Å². The molecule has 94 valence electrons. The topological polar surface area (TPSA) is 104 Å². The summed E-state index contributed by atoms with van der Waals surface area (Å²) in [4.78, 5) is 22.6. The maximum Gasteiger partial charge on any atom is 0.434 e. The minimum absolute atomic E-state index is 0.195. The molecule has 0 N–H and O–H groups in total. The molecule has 0 fully saturated rings. The molecule has 1 heterocycles. The van der Waals surface area contributed by atoms with E-state index in [1.807, 2.05) is 0 Å². The Morgan fingerprint density at radius 3 is 2.53 bits per heavy atom. The zero-order chi connectivity index (χ0) is 13.2. The Bertz CT molecular complexity index is 439. The van der Waals surface area contributed by atoms with E-state index in [4.69, 9.17) is 11.6 Å². The SMILES string of the molecule is CC(C)(Cl)C(Cn1ccnc1[N+](=O)[O-])[N+](=O)[O-]. The Hall–Kier alpha value is -1.70. The summed E-state index contributed by atoms with van der Waals surface area (Å²) >= 11 is 5.90. The van der Waals surface area contributed by atoms with Gasteiger partial charge in [0.15, 0.2) is 0 Å². The molecule has 8 nitrogen and oxygen atoms in total. The third kappa shape index (κ3) is 3.13. The van der Waals surface area contributed by atoms with Crippen molar-refractivity contribution in [1.82, 2.24) is 9.55 Å². The van der Waals surface area contributed by atoms with E-state index < -0.39 is 26.7 Å². The Labute approximate surface area is 102 Å². The fraction of sp³-hybridized carbons (Fsp3) is 0.625. The predicted molar refractivity (Wildman–Crippen MR) is 59.6 cm³/mol. The summed E-state index contributed by atoms with van der Waals surface area (Å²) in [5.41, 5.74) is 0. The molecule has 1 aromatic rings. The average molecular weight is 263 g/mol. The molecule has 0 spiro atoms. The number of nitrogens with zero attached hydrogens (tertiary/aromatic N) is 4. The number of imidazole rings is 1. The van der Waals surface area contributed by atoms with Gasteiger partial charge in [-0.3, -0.25) is 10.1 Å². The Morgan fingerprint density at radius 2 is 2.12 bits per heavy atom. The van der Waals surface area contributed by atoms with Crippen LogP contribution in [0.5, 0.6) is 0 Å². The first-order valence-electron chi connectivity index (χ1n) is 4.71. The molecule has 1 aromatic heterocycles. The summed E-state index contributed by atoms with van der Waals surface area (Å²) in [6, 6.07) is -1.14. The van der Waals surface area contributed by atoms with Gasteiger partial charge >= 0.3 is 5.95 Å². The maximum atomic E-state index is 10.9. The van der Waals surface area contributed by atoms with E-state index in [0.29, 0.717) is 0 Å². The van der Waals surface area contributed by atoms with Crippen molar-refractivity contribution in [3.8, 4) is 0 Å². The molecule has 9 heteroatoms. The zero-order valence-electron chi connectivity index (χ0n) is 9.24. The van der Waals surface area contributed by atoms with E-state index in [2.05, 4.69) is 4.98 Å². The lowest BCUT2D eigenvalue weighted by Crippen LogP contribution is -2.41. The second-order valence-corrected chi connectivity index (χ2v) is 4.98. The van der Waals surface area contributed by atoms with Crippen LogP contribution in [0.2, 0.25) is 0 Å². The van der Waals surface area contributed by atoms with Crippen molar-refractivity contribution >= 4 is 17.5 Å². The molecule has 0 bridgehead atoms. The molecule has 0 aromatic carbocycles. The highest BCUT2D eigenvalue weighted by Gasteiger charge is 2.39. The van der Waals surface area contributed by atoms with Gasteiger partial charge in [-0.1, -0.05) is 4.98 Å². The molecule has 17 heavy (non-hydrogen) atoms. The molecular formula is C8H11ClN4O4. The number of rotatable bonds is 5. The highest BCUT2D eigenvalue weighted by Crippen LogP contribution is 2.23. The summed E-state index contributed by atoms with van der Waals surface area (Å²) in [5.74, 6) is -0.433. The monoisotopic (exact) mass is 262 g/mol. The van der Waals surface area contributed by atoms with Crippen molar-refractivity contribution in [1.29, 1.82) is 0 Å². The molecule has 1 rings (SSSR count). The second kappa shape index (κ2) is 4.66. The van der Waals surface area contributed by atoms with Crippen LogP contribution < -0.4 is 0 Å². The first-order chi connectivity index (χ1) is 7.73. The lowest BCUT2D eigenvalue weighted by molar-refractivity contribution is -0.530. The van der Waals surface area contributed by atoms with Gasteiger partial charge in [0.1, 0.15) is 23.8 Å². The Morgan fingerprint density at radius 1 is 1.53 bits per heavy atom. The van der Waals surface area contributed by atoms with Crippen LogP contribution in [0.1, 0.15) is 13.8 Å². The van der Waals surface area contributed by atoms with Gasteiger partial charge in [-0.25, -0.2) is 4.57 Å². The van der Waals surface area contributed by atoms with Crippen LogP contribution in [-0.4, -0.2) is 30.3 Å². The summed E-state index contributed by atoms with van der Waals surface area (Å²) in [6.07, 6.45) is 2.54. The fourth-order valence-corrected chi connectivity index (χ4v) is 1.49. The van der Waals surface area contributed by atoms with E-state index >= 15 is 0 Å². The normalized spacial score (nSPS) is 13.4. The minimum Gasteiger partial charge on any atom is -0.390 e. The average Bonchev–Trinajstić information content (AvgIpc) is 2.59. The van der Waals surface area contributed by atoms with Crippen LogP contribution in [0.3, 0.4) is 0 Å². The van der Waals surface area contributed by atoms with Gasteiger partial charge in [0.2, 0.25) is 0 Å². The molecule has 0 saturated heterocycles. The van der Waals surface area contributed by atoms with E-state index in [0.717, 1.165) is 4.57 Å². The molecule has 0 aliphatic rings. The van der Waals surface area contributed by atoms with Crippen molar-refractivity contribution in [3.05, 3.63) is 32.6 Å². The van der Waals surface area contributed by atoms with Gasteiger partial charge in [0, 0.05) is 4.92 Å². The first kappa shape index (κ1) is 13.4. The molecule has 0 radical (unpaired) electrons. The third-order valence-corrected chi connectivity index (χ3v) is 2.53. The Kier molecular flexibility index (Phi) is 3.66. The molecule has 1 atom stereocenters. The van der Waals surface area contributed by atoms with Crippen molar-refractivity contribution in [3.63, 3.8) is 0 Å². The standard InChI is InChI=1S/C8H11ClN4O4/c1-8(2,9)6(12(14)15)5-11-4-3-10-7(11)13(16)17/h3-4,6H,5H2,1-2H3. The van der Waals surface area contributed by atoms with Crippen LogP contribution in [-0.2, 0) is 6.54 Å². The summed E-state index contributed by atoms with van der Waals surface area (Å²) in [5, 5.41) is 21.5. The summed E-state index contributed by atoms with van der Waals surface area (Å²) < 4.78 is 1.11. The third-order valence-electron chi connectivity index (χ3n) is 2.27. The molecule has 1 unspecified atom stereocenters. The lowest BCUT2D eigenvalue weighted by atomic mass is 10.0. The molecular weight excluding hydrogens is 252 g/mol. The predicted octanol–water partition coefficient (Wildman–Crippen LogP) is 1.45. The van der Waals surface area contributed by atoms with Gasteiger partial charge in [-0.15, -0.1) is 11.6 Å². The molecule has 0 amide bonds. The number of aromatic nitrogens is 2. The summed E-state index contributed by atoms with van der Waals surface area (Å²) in [7, 11) is 0. The highest BCUT2D eigenvalue weighted by molar-refractivity contribution is 6.23. The second-order valence-electron chi connectivity index (χ2n) is 4.00. The number of halogens is 1. The number of hydrogen-bond donors (Lipinski definition) is 0. The van der Waals surface area contributed by atoms with Gasteiger partial charge in [-0.2, -0.15) is 0 Å². The van der Waals surface area contributed by atoms with Gasteiger partial charge in [0.25, 0.3) is 6.04 Å². The van der Waals surface area contributed by atoms with Crippen LogP contribution in [0, 0.1) is 20.2 Å². The van der Waals surface area contributed by atoms with E-state index in [9.17, 15) is 20.2 Å². The number of alkyl halides is 1. The zero-order valence-corrected chi connectivity index (χ0v) is 9.99. The largest absolute Gasteiger partial charge is 0.434 e. The van der Waals surface area contributed by atoms with Crippen molar-refractivity contribution in [2.75, 3.05) is 0 Å². The van der Waals surface area contributed by atoms with E-state index in [-0.39, 0.29) is 6.54 Å². The molecule has 0 saturated carbocycles. The maximum absolute atomic E-state index is 10.9. The number of nitro groups is 2. The van der Waals surface area contributed by atoms with E-state index in [1.165, 1.54) is 26.2 Å². The van der Waals surface area contributed by atoms with Crippen molar-refractivity contribution < 1.29 is 9.85 Å². The van der Waals surface area contributed by atoms with Crippen LogP contribution in [0.25, 0.3) is 0 Å². The Balaban J connectivity index is 2.99. The van der Waals surface area contributed by atoms with E-state index in [1.54, 1.807) is 0 Å². The van der Waals surface area contributed by atoms with Crippen LogP contribution in [0.4, 0.5) is 5.95 Å². The van der Waals surface area contributed by atoms with Gasteiger partial charge in [-0.05, 0) is 18.8 Å². The van der Waals surface area contributed by atoms with Gasteiger partial charge in [0.05, 0.1) is 0 Å². The minimum atomic E-state index is -1.14. The van der Waals surface area contributed by atoms with Crippen LogP contribution in [0.15, 0.2) is 12.4 Å². The smallest absolute Gasteiger partial charge is 0.390 e. The lowest BCUT2D eigenvalue weighted by Gasteiger charge is -2.19. The fourth-order valence-electron chi connectivity index (χ4n) is 1.34. The number of hydrogen-bond acceptors (Lipinski definition) is 5. The molecule has 0 aliphatic heterocycles.